The van der Waals surface area contributed by atoms with Gasteiger partial charge in [0.05, 0.1) is 11.9 Å². The van der Waals surface area contributed by atoms with Gasteiger partial charge in [-0.2, -0.15) is 0 Å². The number of aromatic nitrogens is 1. The molecule has 0 aromatic carbocycles. The molecule has 0 fully saturated rings. The molecule has 0 saturated carbocycles. The average Bonchev–Trinajstić information content (AvgIpc) is 2.35. The van der Waals surface area contributed by atoms with Gasteiger partial charge in [-0.15, -0.1) is 0 Å². The van der Waals surface area contributed by atoms with Crippen molar-refractivity contribution in [1.82, 2.24) is 15.0 Å². The van der Waals surface area contributed by atoms with E-state index >= 15 is 0 Å². The van der Waals surface area contributed by atoms with Crippen molar-refractivity contribution >= 4 is 23.7 Å². The molecule has 16 heavy (non-hydrogen) atoms. The highest BCUT2D eigenvalue weighted by atomic mass is 32.2. The highest BCUT2D eigenvalue weighted by Gasteiger charge is 2.00. The summed E-state index contributed by atoms with van der Waals surface area (Å²) in [4.78, 5) is 17.0. The van der Waals surface area contributed by atoms with Crippen molar-refractivity contribution in [2.75, 3.05) is 31.3 Å². The number of hydrogen-bond donors (Lipinski definition) is 2. The number of hydrogen-bond acceptors (Lipinski definition) is 4. The molecule has 0 radical (unpaired) electrons. The number of carbonyl (C=O) groups is 1. The first-order chi connectivity index (χ1) is 7.74. The highest BCUT2D eigenvalue weighted by molar-refractivity contribution is 7.97. The van der Waals surface area contributed by atoms with Crippen LogP contribution < -0.4 is 14.9 Å². The van der Waals surface area contributed by atoms with Crippen LogP contribution >= 0.6 is 11.9 Å². The summed E-state index contributed by atoms with van der Waals surface area (Å²) in [5.41, 5.74) is 1.07. The third-order valence-electron chi connectivity index (χ3n) is 2.01. The summed E-state index contributed by atoms with van der Waals surface area (Å²) in [6.07, 6.45) is 3.57. The van der Waals surface area contributed by atoms with Crippen molar-refractivity contribution in [3.05, 3.63) is 24.5 Å². The quantitative estimate of drug-likeness (QED) is 0.597. The average molecular weight is 240 g/mol. The van der Waals surface area contributed by atoms with Gasteiger partial charge in [-0.25, -0.2) is 4.79 Å². The predicted molar refractivity (Wildman–Crippen MR) is 67.6 cm³/mol. The van der Waals surface area contributed by atoms with Crippen molar-refractivity contribution in [3.63, 3.8) is 0 Å². The molecule has 1 heterocycles. The second kappa shape index (κ2) is 6.95. The first-order valence-electron chi connectivity index (χ1n) is 4.94. The number of rotatable bonds is 5. The lowest BCUT2D eigenvalue weighted by molar-refractivity contribution is 0.248. The zero-order valence-electron chi connectivity index (χ0n) is 9.43. The number of pyridine rings is 1. The van der Waals surface area contributed by atoms with Crippen molar-refractivity contribution < 1.29 is 4.79 Å². The monoisotopic (exact) mass is 240 g/mol. The number of anilines is 1. The number of amides is 2. The van der Waals surface area contributed by atoms with Crippen LogP contribution in [0.1, 0.15) is 0 Å². The summed E-state index contributed by atoms with van der Waals surface area (Å²) in [6.45, 7) is 0.848. The highest BCUT2D eigenvalue weighted by Crippen LogP contribution is 2.09. The maximum Gasteiger partial charge on any atom is 0.324 e. The predicted octanol–water partition coefficient (Wildman–Crippen LogP) is 1.09. The molecule has 0 saturated heterocycles. The van der Waals surface area contributed by atoms with E-state index in [0.29, 0.717) is 0 Å². The molecule has 5 nitrogen and oxygen atoms in total. The zero-order valence-corrected chi connectivity index (χ0v) is 10.3. The van der Waals surface area contributed by atoms with Crippen LogP contribution in [0.3, 0.4) is 0 Å². The molecule has 88 valence electrons. The third kappa shape index (κ3) is 4.39. The van der Waals surface area contributed by atoms with Crippen LogP contribution in [0, 0.1) is 0 Å². The molecule has 1 aromatic rings. The van der Waals surface area contributed by atoms with Gasteiger partial charge in [0.15, 0.2) is 0 Å². The molecule has 0 atom stereocenters. The van der Waals surface area contributed by atoms with Crippen LogP contribution in [0.15, 0.2) is 24.5 Å². The fourth-order valence-electron chi connectivity index (χ4n) is 1.06. The molecule has 0 bridgehead atoms. The Labute approximate surface area is 99.8 Å². The molecule has 1 rings (SSSR count). The van der Waals surface area contributed by atoms with Crippen LogP contribution in [0.4, 0.5) is 10.5 Å². The molecule has 2 amide bonds. The SMILES string of the molecule is CNC(=O)NSCCN(C)c1cccnc1. The largest absolute Gasteiger partial charge is 0.372 e. The van der Waals surface area contributed by atoms with Gasteiger partial charge in [0.2, 0.25) is 0 Å². The Kier molecular flexibility index (Phi) is 5.49. The lowest BCUT2D eigenvalue weighted by Gasteiger charge is -2.18. The van der Waals surface area contributed by atoms with Gasteiger partial charge in [-0.1, -0.05) is 0 Å². The van der Waals surface area contributed by atoms with Crippen molar-refractivity contribution in [1.29, 1.82) is 0 Å². The van der Waals surface area contributed by atoms with Gasteiger partial charge in [0.25, 0.3) is 0 Å². The maximum atomic E-state index is 10.9. The molecule has 0 aliphatic rings. The van der Waals surface area contributed by atoms with Gasteiger partial charge in [-0.05, 0) is 24.1 Å². The molecule has 2 N–H and O–H groups in total. The van der Waals surface area contributed by atoms with Crippen LogP contribution in [-0.2, 0) is 0 Å². The Morgan fingerprint density at radius 1 is 1.62 bits per heavy atom. The molecule has 1 aromatic heterocycles. The first-order valence-corrected chi connectivity index (χ1v) is 5.93. The molecule has 0 unspecified atom stereocenters. The second-order valence-electron chi connectivity index (χ2n) is 3.16. The van der Waals surface area contributed by atoms with Crippen molar-refractivity contribution in [2.24, 2.45) is 0 Å². The summed E-state index contributed by atoms with van der Waals surface area (Å²) in [5, 5.41) is 2.49. The Morgan fingerprint density at radius 3 is 3.06 bits per heavy atom. The van der Waals surface area contributed by atoms with Crippen LogP contribution in [-0.4, -0.2) is 37.4 Å². The Hall–Kier alpha value is -1.43. The van der Waals surface area contributed by atoms with E-state index in [9.17, 15) is 4.79 Å². The minimum atomic E-state index is -0.172. The molecule has 0 spiro atoms. The Morgan fingerprint density at radius 2 is 2.44 bits per heavy atom. The number of nitrogens with zero attached hydrogens (tertiary/aromatic N) is 2. The normalized spacial score (nSPS) is 9.62. The van der Waals surface area contributed by atoms with Crippen LogP contribution in [0.5, 0.6) is 0 Å². The van der Waals surface area contributed by atoms with E-state index in [-0.39, 0.29) is 6.03 Å². The second-order valence-corrected chi connectivity index (χ2v) is 4.06. The lowest BCUT2D eigenvalue weighted by Crippen LogP contribution is -2.29. The van der Waals surface area contributed by atoms with Gasteiger partial charge in [0, 0.05) is 32.6 Å². The molecule has 0 aliphatic carbocycles. The van der Waals surface area contributed by atoms with Gasteiger partial charge >= 0.3 is 6.03 Å². The van der Waals surface area contributed by atoms with Gasteiger partial charge in [0.1, 0.15) is 0 Å². The van der Waals surface area contributed by atoms with Gasteiger partial charge in [-0.3, -0.25) is 9.71 Å². The van der Waals surface area contributed by atoms with E-state index in [1.54, 1.807) is 13.2 Å². The fourth-order valence-corrected chi connectivity index (χ4v) is 1.76. The maximum absolute atomic E-state index is 10.9. The molecule has 0 aliphatic heterocycles. The van der Waals surface area contributed by atoms with Crippen LogP contribution in [0.2, 0.25) is 0 Å². The molecule has 6 heteroatoms. The number of carbonyl (C=O) groups excluding carboxylic acids is 1. The minimum absolute atomic E-state index is 0.172. The van der Waals surface area contributed by atoms with E-state index in [2.05, 4.69) is 19.9 Å². The van der Waals surface area contributed by atoms with Crippen molar-refractivity contribution in [3.8, 4) is 0 Å². The lowest BCUT2D eigenvalue weighted by atomic mass is 10.4. The van der Waals surface area contributed by atoms with E-state index in [0.717, 1.165) is 18.0 Å². The summed E-state index contributed by atoms with van der Waals surface area (Å²) in [7, 11) is 3.59. The number of urea groups is 1. The summed E-state index contributed by atoms with van der Waals surface area (Å²) in [6, 6.07) is 3.74. The standard InChI is InChI=1S/C10H16N4OS/c1-11-10(15)13-16-7-6-14(2)9-4-3-5-12-8-9/h3-5,8H,6-7H2,1-2H3,(H2,11,13,15). The smallest absolute Gasteiger partial charge is 0.324 e. The molecular weight excluding hydrogens is 224 g/mol. The minimum Gasteiger partial charge on any atom is -0.372 e. The number of nitrogens with one attached hydrogen (secondary N) is 2. The van der Waals surface area contributed by atoms with E-state index in [1.807, 2.05) is 25.4 Å². The van der Waals surface area contributed by atoms with Crippen molar-refractivity contribution in [2.45, 2.75) is 0 Å². The Bertz CT molecular complexity index is 320. The zero-order chi connectivity index (χ0) is 11.8. The summed E-state index contributed by atoms with van der Waals surface area (Å²) in [5.74, 6) is 0.818. The van der Waals surface area contributed by atoms with E-state index in [4.69, 9.17) is 0 Å². The molecular formula is C10H16N4OS. The first kappa shape index (κ1) is 12.6. The van der Waals surface area contributed by atoms with E-state index < -0.39 is 0 Å². The van der Waals surface area contributed by atoms with E-state index in [1.165, 1.54) is 11.9 Å². The Balaban J connectivity index is 2.21. The fraction of sp³-hybridized carbons (Fsp3) is 0.400. The van der Waals surface area contributed by atoms with Crippen LogP contribution in [0.25, 0.3) is 0 Å². The summed E-state index contributed by atoms with van der Waals surface area (Å²) >= 11 is 1.38. The summed E-state index contributed by atoms with van der Waals surface area (Å²) < 4.78 is 2.66. The van der Waals surface area contributed by atoms with Gasteiger partial charge < -0.3 is 10.2 Å². The topological polar surface area (TPSA) is 57.3 Å². The third-order valence-corrected chi connectivity index (χ3v) is 2.72.